The number of thioether (sulfide) groups is 1. The lowest BCUT2D eigenvalue weighted by molar-refractivity contribution is -0.161. The molecule has 14 nitrogen and oxygen atoms in total. The Hall–Kier alpha value is -2.12. The fourth-order valence-electron chi connectivity index (χ4n) is 7.27. The largest absolute Gasteiger partial charge is 0.472 e. The number of carbonyl (C=O) groups is 4. The minimum absolute atomic E-state index is 0.0511. The molecule has 17 heteroatoms. The first-order valence-electron chi connectivity index (χ1n) is 24.5. The Morgan fingerprint density at radius 1 is 0.708 bits per heavy atom. The number of carbonyl (C=O) groups excluding carboxylic acids is 4. The summed E-state index contributed by atoms with van der Waals surface area (Å²) in [5.41, 5.74) is -1.11. The smallest absolute Gasteiger partial charge is 0.462 e. The summed E-state index contributed by atoms with van der Waals surface area (Å²) in [5, 5.41) is 2.60. The van der Waals surface area contributed by atoms with Crippen molar-refractivity contribution in [2.45, 2.75) is 224 Å². The van der Waals surface area contributed by atoms with Gasteiger partial charge in [-0.1, -0.05) is 154 Å². The van der Waals surface area contributed by atoms with Crippen LogP contribution in [0.2, 0.25) is 0 Å². The zero-order valence-corrected chi connectivity index (χ0v) is 43.6. The van der Waals surface area contributed by atoms with Crippen molar-refractivity contribution in [2.24, 2.45) is 0 Å². The van der Waals surface area contributed by atoms with Crippen molar-refractivity contribution in [1.29, 1.82) is 0 Å². The number of esters is 3. The summed E-state index contributed by atoms with van der Waals surface area (Å²) in [6.45, 7) is 16.2. The lowest BCUT2D eigenvalue weighted by atomic mass is 9.86. The molecule has 0 saturated heterocycles. The maximum absolute atomic E-state index is 13.0. The van der Waals surface area contributed by atoms with Gasteiger partial charge in [-0.2, -0.15) is 0 Å². The van der Waals surface area contributed by atoms with Crippen LogP contribution in [-0.4, -0.2) is 96.0 Å². The van der Waals surface area contributed by atoms with Crippen molar-refractivity contribution < 1.29 is 56.6 Å². The van der Waals surface area contributed by atoms with E-state index in [0.29, 0.717) is 17.0 Å². The molecule has 378 valence electrons. The Morgan fingerprint density at radius 3 is 1.68 bits per heavy atom. The van der Waals surface area contributed by atoms with Crippen LogP contribution < -0.4 is 5.32 Å². The van der Waals surface area contributed by atoms with E-state index in [9.17, 15) is 28.6 Å². The van der Waals surface area contributed by atoms with Gasteiger partial charge in [0.15, 0.2) is 6.10 Å². The van der Waals surface area contributed by atoms with Crippen LogP contribution in [0.1, 0.15) is 208 Å². The van der Waals surface area contributed by atoms with Gasteiger partial charge in [-0.15, -0.1) is 11.8 Å². The number of hydrogen-bond donors (Lipinski definition) is 2. The maximum atomic E-state index is 13.0. The first-order valence-corrected chi connectivity index (χ1v) is 27.2. The molecule has 0 heterocycles. The number of nitrogens with one attached hydrogen (secondary N) is 1. The second kappa shape index (κ2) is 39.8. The highest BCUT2D eigenvalue weighted by Crippen LogP contribution is 2.43. The normalized spacial score (nSPS) is 14.6. The molecule has 0 aromatic heterocycles. The van der Waals surface area contributed by atoms with Crippen molar-refractivity contribution in [2.75, 3.05) is 46.7 Å². The Morgan fingerprint density at radius 2 is 1.20 bits per heavy atom. The van der Waals surface area contributed by atoms with Crippen LogP contribution in [0.25, 0.3) is 4.85 Å². The molecule has 0 aromatic carbocycles. The van der Waals surface area contributed by atoms with Gasteiger partial charge in [0, 0.05) is 50.5 Å². The summed E-state index contributed by atoms with van der Waals surface area (Å²) in [6.07, 6.45) is 24.5. The number of methoxy groups -OCH3 is 1. The first kappa shape index (κ1) is 62.9. The Labute approximate surface area is 402 Å². The number of phosphoric ester groups is 1. The average molecular weight is 979 g/mol. The molecule has 0 rings (SSSR count). The van der Waals surface area contributed by atoms with E-state index in [1.165, 1.54) is 97.0 Å². The van der Waals surface area contributed by atoms with E-state index in [2.05, 4.69) is 24.0 Å². The molecule has 0 radical (unpaired) electrons. The molecule has 1 amide bonds. The van der Waals surface area contributed by atoms with Crippen LogP contribution >= 0.6 is 31.8 Å². The average Bonchev–Trinajstić information content (AvgIpc) is 3.26. The van der Waals surface area contributed by atoms with E-state index in [1.54, 1.807) is 20.8 Å². The number of hydrogen-bond acceptors (Lipinski definition) is 13. The minimum Gasteiger partial charge on any atom is -0.462 e. The standard InChI is InChI=1S/C48H87N2O12PS2/c1-8-10-12-14-16-18-20-22-24-26-28-30-44(52)59-38-42(62-45(53)31-29-27-25-23-21-19-17-15-13-11-9-2)39-61-63(55,56)60-35-34-50-43(51)32-33-47(4,49-6)40-48(5,65-41(3)64)46(54)58-37-36-57-7/h42H,8-40H2,1-5,7H3,(H,50,51)(H,55,56)/t42-,47?,48?/m1/s1. The second-order valence-corrected chi connectivity index (χ2v) is 21.6. The molecular weight excluding hydrogens is 892 g/mol. The summed E-state index contributed by atoms with van der Waals surface area (Å²) in [6, 6.07) is 0. The zero-order chi connectivity index (χ0) is 48.7. The quantitative estimate of drug-likeness (QED) is 0.0147. The number of phosphoric acid groups is 1. The van der Waals surface area contributed by atoms with E-state index >= 15 is 0 Å². The van der Waals surface area contributed by atoms with E-state index in [-0.39, 0.29) is 65.1 Å². The lowest BCUT2D eigenvalue weighted by Gasteiger charge is -2.30. The zero-order valence-electron chi connectivity index (χ0n) is 41.1. The Kier molecular flexibility index (Phi) is 38.5. The van der Waals surface area contributed by atoms with Gasteiger partial charge in [-0.25, -0.2) is 11.1 Å². The van der Waals surface area contributed by atoms with Crippen LogP contribution in [0, 0.1) is 6.57 Å². The van der Waals surface area contributed by atoms with Crippen LogP contribution in [0.15, 0.2) is 0 Å². The molecule has 0 aliphatic rings. The highest BCUT2D eigenvalue weighted by atomic mass is 32.2. The van der Waals surface area contributed by atoms with Gasteiger partial charge in [0.1, 0.15) is 18.0 Å². The number of nitrogens with zero attached hydrogens (tertiary/aromatic N) is 1. The van der Waals surface area contributed by atoms with Crippen LogP contribution in [-0.2, 0) is 51.7 Å². The Balaban J connectivity index is 5.01. The van der Waals surface area contributed by atoms with Crippen LogP contribution in [0.5, 0.6) is 0 Å². The van der Waals surface area contributed by atoms with Gasteiger partial charge in [-0.3, -0.25) is 28.2 Å². The summed E-state index contributed by atoms with van der Waals surface area (Å²) in [4.78, 5) is 65.3. The third kappa shape index (κ3) is 36.6. The van der Waals surface area contributed by atoms with Crippen molar-refractivity contribution >= 4 is 59.8 Å². The molecule has 0 spiro atoms. The molecule has 0 saturated carbocycles. The molecule has 3 unspecified atom stereocenters. The van der Waals surface area contributed by atoms with E-state index in [1.807, 2.05) is 0 Å². The van der Waals surface area contributed by atoms with Gasteiger partial charge >= 0.3 is 25.7 Å². The fraction of sp³-hybridized carbons (Fsp3) is 0.875. The van der Waals surface area contributed by atoms with E-state index in [4.69, 9.17) is 46.8 Å². The molecule has 4 atom stereocenters. The number of amides is 1. The number of unbranched alkanes of at least 4 members (excludes halogenated alkanes) is 20. The number of rotatable bonds is 44. The van der Waals surface area contributed by atoms with Crippen molar-refractivity contribution in [3.63, 3.8) is 0 Å². The van der Waals surface area contributed by atoms with E-state index < -0.39 is 54.6 Å². The summed E-state index contributed by atoms with van der Waals surface area (Å²) < 4.78 is 43.7. The first-order chi connectivity index (χ1) is 31.0. The van der Waals surface area contributed by atoms with Crippen molar-refractivity contribution in [1.82, 2.24) is 5.32 Å². The van der Waals surface area contributed by atoms with Gasteiger partial charge in [-0.05, 0) is 26.7 Å². The number of ether oxygens (including phenoxy) is 4. The minimum atomic E-state index is -4.68. The summed E-state index contributed by atoms with van der Waals surface area (Å²) in [7, 11) is -3.18. The van der Waals surface area contributed by atoms with Crippen LogP contribution in [0.3, 0.4) is 0 Å². The van der Waals surface area contributed by atoms with Gasteiger partial charge in [0.2, 0.25) is 11.4 Å². The molecule has 0 aliphatic heterocycles. The van der Waals surface area contributed by atoms with Gasteiger partial charge in [0.05, 0.1) is 26.2 Å². The van der Waals surface area contributed by atoms with Gasteiger partial charge < -0.3 is 34.0 Å². The van der Waals surface area contributed by atoms with E-state index in [0.717, 1.165) is 50.3 Å². The van der Waals surface area contributed by atoms with Gasteiger partial charge in [0.25, 0.3) is 0 Å². The predicted octanol–water partition coefficient (Wildman–Crippen LogP) is 12.0. The highest BCUT2D eigenvalue weighted by Gasteiger charge is 2.47. The second-order valence-electron chi connectivity index (χ2n) is 17.6. The Bertz CT molecular complexity index is 1400. The van der Waals surface area contributed by atoms with Crippen LogP contribution in [0.4, 0.5) is 0 Å². The molecule has 0 fully saturated rings. The molecule has 0 aliphatic carbocycles. The molecule has 0 bridgehead atoms. The number of thiocarbonyl (C=S) groups is 1. The third-order valence-corrected chi connectivity index (χ3v) is 13.3. The summed E-state index contributed by atoms with van der Waals surface area (Å²) >= 11 is 6.39. The molecule has 2 N–H and O–H groups in total. The third-order valence-electron chi connectivity index (χ3n) is 11.0. The van der Waals surface area contributed by atoms with Crippen molar-refractivity contribution in [3.05, 3.63) is 11.4 Å². The SMILES string of the molecule is [C-]#[N+]C(C)(CCC(=O)NCCOP(=O)(O)OC[C@@H](COC(=O)CCCCCCCCCCCCC)OC(=O)CCCCCCCCCCCCC)CC(C)(SC(C)=S)C(=O)OCCOC. The monoisotopic (exact) mass is 979 g/mol. The predicted molar refractivity (Wildman–Crippen MR) is 264 cm³/mol. The fourth-order valence-corrected chi connectivity index (χ4v) is 9.73. The molecule has 65 heavy (non-hydrogen) atoms. The van der Waals surface area contributed by atoms with Crippen molar-refractivity contribution in [3.8, 4) is 0 Å². The molecule has 0 aromatic rings. The maximum Gasteiger partial charge on any atom is 0.472 e. The summed E-state index contributed by atoms with van der Waals surface area (Å²) in [5.74, 6) is -1.92. The molecular formula is C48H87N2O12PS2. The highest BCUT2D eigenvalue weighted by molar-refractivity contribution is 8.24. The lowest BCUT2D eigenvalue weighted by Crippen LogP contribution is -2.42. The topological polar surface area (TPSA) is 177 Å².